The van der Waals surface area contributed by atoms with Gasteiger partial charge in [-0.05, 0) is 25.0 Å². The predicted octanol–water partition coefficient (Wildman–Crippen LogP) is 4.22. The maximum atomic E-state index is 8.99. The molecule has 0 saturated carbocycles. The van der Waals surface area contributed by atoms with Gasteiger partial charge in [-0.3, -0.25) is 0 Å². The van der Waals surface area contributed by atoms with Gasteiger partial charge >= 0.3 is 0 Å². The Labute approximate surface area is 104 Å². The Kier molecular flexibility index (Phi) is 6.17. The molecule has 0 radical (unpaired) electrons. The van der Waals surface area contributed by atoms with Gasteiger partial charge in [0.05, 0.1) is 12.2 Å². The van der Waals surface area contributed by atoms with E-state index in [4.69, 9.17) is 10.00 Å². The number of nitriles is 1. The van der Waals surface area contributed by atoms with Gasteiger partial charge in [0.1, 0.15) is 11.8 Å². The lowest BCUT2D eigenvalue weighted by Crippen LogP contribution is -2.00. The summed E-state index contributed by atoms with van der Waals surface area (Å²) >= 11 is 0. The van der Waals surface area contributed by atoms with Crippen molar-refractivity contribution in [2.24, 2.45) is 0 Å². The van der Waals surface area contributed by atoms with Crippen LogP contribution >= 0.6 is 0 Å². The first kappa shape index (κ1) is 13.6. The Morgan fingerprint density at radius 2 is 1.94 bits per heavy atom. The quantitative estimate of drug-likeness (QED) is 0.658. The number of aryl methyl sites for hydroxylation is 1. The van der Waals surface area contributed by atoms with Crippen molar-refractivity contribution < 1.29 is 4.74 Å². The number of nitrogens with zero attached hydrogens (tertiary/aromatic N) is 1. The largest absolute Gasteiger partial charge is 0.492 e. The van der Waals surface area contributed by atoms with Crippen molar-refractivity contribution >= 4 is 0 Å². The van der Waals surface area contributed by atoms with E-state index in [1.165, 1.54) is 25.7 Å². The van der Waals surface area contributed by atoms with Crippen LogP contribution in [0.1, 0.15) is 50.2 Å². The summed E-state index contributed by atoms with van der Waals surface area (Å²) in [5, 5.41) is 8.99. The predicted molar refractivity (Wildman–Crippen MR) is 70.1 cm³/mol. The number of hydrogen-bond acceptors (Lipinski definition) is 2. The lowest BCUT2D eigenvalue weighted by molar-refractivity contribution is 0.302. The van der Waals surface area contributed by atoms with E-state index in [0.717, 1.165) is 17.7 Å². The number of unbranched alkanes of at least 4 members (excludes halogenated alkanes) is 4. The summed E-state index contributed by atoms with van der Waals surface area (Å²) in [6.07, 6.45) is 6.12. The molecule has 0 aliphatic rings. The SMILES string of the molecule is CCCCCCCOc1c(C)cccc1C#N. The van der Waals surface area contributed by atoms with Crippen molar-refractivity contribution in [3.05, 3.63) is 29.3 Å². The fourth-order valence-electron chi connectivity index (χ4n) is 1.81. The zero-order chi connectivity index (χ0) is 12.5. The molecule has 2 nitrogen and oxygen atoms in total. The van der Waals surface area contributed by atoms with Gasteiger partial charge in [-0.2, -0.15) is 5.26 Å². The van der Waals surface area contributed by atoms with Crippen LogP contribution < -0.4 is 4.74 Å². The highest BCUT2D eigenvalue weighted by atomic mass is 16.5. The van der Waals surface area contributed by atoms with E-state index in [9.17, 15) is 0 Å². The molecule has 0 aromatic heterocycles. The van der Waals surface area contributed by atoms with Crippen LogP contribution in [0.2, 0.25) is 0 Å². The van der Waals surface area contributed by atoms with Crippen LogP contribution in [0.25, 0.3) is 0 Å². The second-order valence-electron chi connectivity index (χ2n) is 4.33. The van der Waals surface area contributed by atoms with Crippen LogP contribution in [-0.4, -0.2) is 6.61 Å². The van der Waals surface area contributed by atoms with Gasteiger partial charge in [0.15, 0.2) is 0 Å². The lowest BCUT2D eigenvalue weighted by Gasteiger charge is -2.10. The molecule has 0 aliphatic heterocycles. The third-order valence-electron chi connectivity index (χ3n) is 2.83. The average Bonchev–Trinajstić information content (AvgIpc) is 2.35. The summed E-state index contributed by atoms with van der Waals surface area (Å²) in [7, 11) is 0. The minimum Gasteiger partial charge on any atom is -0.492 e. The zero-order valence-electron chi connectivity index (χ0n) is 10.8. The average molecular weight is 231 g/mol. The van der Waals surface area contributed by atoms with E-state index in [1.807, 2.05) is 19.1 Å². The van der Waals surface area contributed by atoms with Crippen LogP contribution in [0.3, 0.4) is 0 Å². The van der Waals surface area contributed by atoms with Gasteiger partial charge in [0, 0.05) is 0 Å². The van der Waals surface area contributed by atoms with Crippen LogP contribution in [0.4, 0.5) is 0 Å². The molecule has 0 bridgehead atoms. The second-order valence-corrected chi connectivity index (χ2v) is 4.33. The van der Waals surface area contributed by atoms with Gasteiger partial charge in [0.2, 0.25) is 0 Å². The lowest BCUT2D eigenvalue weighted by atomic mass is 10.1. The van der Waals surface area contributed by atoms with Crippen LogP contribution in [-0.2, 0) is 0 Å². The molecule has 2 heteroatoms. The molecule has 1 aromatic rings. The minimum absolute atomic E-state index is 0.638. The Bertz CT molecular complexity index is 379. The highest BCUT2D eigenvalue weighted by Gasteiger charge is 2.05. The molecular formula is C15H21NO. The normalized spacial score (nSPS) is 9.94. The molecule has 92 valence electrons. The van der Waals surface area contributed by atoms with Gasteiger partial charge in [-0.25, -0.2) is 0 Å². The summed E-state index contributed by atoms with van der Waals surface area (Å²) in [5.74, 6) is 0.755. The zero-order valence-corrected chi connectivity index (χ0v) is 10.8. The van der Waals surface area contributed by atoms with E-state index in [-0.39, 0.29) is 0 Å². The molecule has 0 amide bonds. The first-order chi connectivity index (χ1) is 8.29. The second kappa shape index (κ2) is 7.73. The van der Waals surface area contributed by atoms with E-state index in [2.05, 4.69) is 13.0 Å². The van der Waals surface area contributed by atoms with Gasteiger partial charge in [0.25, 0.3) is 0 Å². The number of ether oxygens (including phenoxy) is 1. The number of rotatable bonds is 7. The molecule has 0 atom stereocenters. The monoisotopic (exact) mass is 231 g/mol. The van der Waals surface area contributed by atoms with Crippen molar-refractivity contribution in [2.75, 3.05) is 6.61 Å². The highest BCUT2D eigenvalue weighted by molar-refractivity contribution is 5.47. The maximum absolute atomic E-state index is 8.99. The molecule has 0 heterocycles. The summed E-state index contributed by atoms with van der Waals surface area (Å²) in [6.45, 7) is 4.90. The molecule has 0 aliphatic carbocycles. The molecule has 0 spiro atoms. The summed E-state index contributed by atoms with van der Waals surface area (Å²) in [4.78, 5) is 0. The fraction of sp³-hybridized carbons (Fsp3) is 0.533. The van der Waals surface area contributed by atoms with Crippen molar-refractivity contribution in [1.29, 1.82) is 5.26 Å². The summed E-state index contributed by atoms with van der Waals surface area (Å²) < 4.78 is 5.72. The minimum atomic E-state index is 0.638. The molecule has 0 unspecified atom stereocenters. The first-order valence-corrected chi connectivity index (χ1v) is 6.42. The van der Waals surface area contributed by atoms with E-state index < -0.39 is 0 Å². The smallest absolute Gasteiger partial charge is 0.139 e. The highest BCUT2D eigenvalue weighted by Crippen LogP contribution is 2.22. The van der Waals surface area contributed by atoms with Crippen molar-refractivity contribution in [1.82, 2.24) is 0 Å². The third kappa shape index (κ3) is 4.48. The van der Waals surface area contributed by atoms with E-state index in [0.29, 0.717) is 12.2 Å². The molecule has 17 heavy (non-hydrogen) atoms. The third-order valence-corrected chi connectivity index (χ3v) is 2.83. The molecule has 0 N–H and O–H groups in total. The Hall–Kier alpha value is -1.49. The van der Waals surface area contributed by atoms with Crippen LogP contribution in [0.15, 0.2) is 18.2 Å². The Morgan fingerprint density at radius 3 is 2.65 bits per heavy atom. The van der Waals surface area contributed by atoms with Gasteiger partial charge in [-0.15, -0.1) is 0 Å². The number of hydrogen-bond donors (Lipinski definition) is 0. The molecular weight excluding hydrogens is 210 g/mol. The standard InChI is InChI=1S/C15H21NO/c1-3-4-5-6-7-11-17-15-13(2)9-8-10-14(15)12-16/h8-10H,3-7,11H2,1-2H3. The van der Waals surface area contributed by atoms with Crippen molar-refractivity contribution in [3.63, 3.8) is 0 Å². The number of benzene rings is 1. The topological polar surface area (TPSA) is 33.0 Å². The Morgan fingerprint density at radius 1 is 1.18 bits per heavy atom. The van der Waals surface area contributed by atoms with E-state index >= 15 is 0 Å². The first-order valence-electron chi connectivity index (χ1n) is 6.42. The van der Waals surface area contributed by atoms with Crippen LogP contribution in [0.5, 0.6) is 5.75 Å². The molecule has 0 saturated heterocycles. The summed E-state index contributed by atoms with van der Waals surface area (Å²) in [6, 6.07) is 7.85. The van der Waals surface area contributed by atoms with Crippen molar-refractivity contribution in [2.45, 2.75) is 46.0 Å². The van der Waals surface area contributed by atoms with Crippen molar-refractivity contribution in [3.8, 4) is 11.8 Å². The maximum Gasteiger partial charge on any atom is 0.139 e. The Balaban J connectivity index is 2.39. The number of para-hydroxylation sites is 1. The van der Waals surface area contributed by atoms with Crippen LogP contribution in [0, 0.1) is 18.3 Å². The van der Waals surface area contributed by atoms with Gasteiger partial charge in [-0.1, -0.05) is 44.7 Å². The fourth-order valence-corrected chi connectivity index (χ4v) is 1.81. The molecule has 1 rings (SSSR count). The summed E-state index contributed by atoms with van der Waals surface area (Å²) in [5.41, 5.74) is 1.68. The van der Waals surface area contributed by atoms with E-state index in [1.54, 1.807) is 6.07 Å². The van der Waals surface area contributed by atoms with Gasteiger partial charge < -0.3 is 4.74 Å². The molecule has 0 fully saturated rings. The molecule has 1 aromatic carbocycles.